The van der Waals surface area contributed by atoms with Gasteiger partial charge in [-0.1, -0.05) is 6.07 Å². The third-order valence-electron chi connectivity index (χ3n) is 3.66. The molecule has 120 valence electrons. The Balaban J connectivity index is 1.72. The number of carbonyl (C=O) groups is 2. The van der Waals surface area contributed by atoms with Gasteiger partial charge in [0.15, 0.2) is 0 Å². The smallest absolute Gasteiger partial charge is 0.236 e. The van der Waals surface area contributed by atoms with Crippen molar-refractivity contribution in [3.8, 4) is 0 Å². The lowest BCUT2D eigenvalue weighted by atomic mass is 10.2. The van der Waals surface area contributed by atoms with E-state index in [-0.39, 0.29) is 11.8 Å². The molecular formula is C15H23N5O2. The zero-order valence-electron chi connectivity index (χ0n) is 12.9. The minimum Gasteiger partial charge on any atom is -0.354 e. The van der Waals surface area contributed by atoms with Crippen LogP contribution in [0.2, 0.25) is 0 Å². The fraction of sp³-hybridized carbons (Fsp3) is 0.533. The van der Waals surface area contributed by atoms with Crippen molar-refractivity contribution in [1.82, 2.24) is 15.2 Å². The quantitative estimate of drug-likeness (QED) is 0.771. The van der Waals surface area contributed by atoms with E-state index in [4.69, 9.17) is 5.73 Å². The Kier molecular flexibility index (Phi) is 5.71. The summed E-state index contributed by atoms with van der Waals surface area (Å²) in [5.74, 6) is 0.775. The maximum absolute atomic E-state index is 12.1. The van der Waals surface area contributed by atoms with Crippen molar-refractivity contribution >= 4 is 17.6 Å². The van der Waals surface area contributed by atoms with Gasteiger partial charge in [0.25, 0.3) is 0 Å². The number of amides is 2. The summed E-state index contributed by atoms with van der Waals surface area (Å²) in [4.78, 5) is 31.7. The molecule has 2 heterocycles. The van der Waals surface area contributed by atoms with Crippen LogP contribution in [0.1, 0.15) is 13.3 Å². The first-order valence-electron chi connectivity index (χ1n) is 7.55. The van der Waals surface area contributed by atoms with Crippen LogP contribution in [0.5, 0.6) is 0 Å². The molecule has 1 aliphatic heterocycles. The fourth-order valence-corrected chi connectivity index (χ4v) is 2.34. The third kappa shape index (κ3) is 4.42. The molecule has 7 heteroatoms. The number of nitrogens with zero attached hydrogens (tertiary/aromatic N) is 3. The lowest BCUT2D eigenvalue weighted by Gasteiger charge is -2.35. The van der Waals surface area contributed by atoms with Crippen LogP contribution >= 0.6 is 0 Å². The Hall–Kier alpha value is -2.15. The summed E-state index contributed by atoms with van der Waals surface area (Å²) in [5.41, 5.74) is 5.45. The Morgan fingerprint density at radius 3 is 2.64 bits per heavy atom. The van der Waals surface area contributed by atoms with E-state index in [1.165, 1.54) is 0 Å². The van der Waals surface area contributed by atoms with Gasteiger partial charge in [-0.15, -0.1) is 0 Å². The van der Waals surface area contributed by atoms with Gasteiger partial charge in [0.2, 0.25) is 11.8 Å². The summed E-state index contributed by atoms with van der Waals surface area (Å²) >= 11 is 0. The minimum absolute atomic E-state index is 0.0608. The maximum atomic E-state index is 12.1. The van der Waals surface area contributed by atoms with Crippen molar-refractivity contribution in [2.75, 3.05) is 37.6 Å². The summed E-state index contributed by atoms with van der Waals surface area (Å²) < 4.78 is 0. The molecule has 0 aromatic carbocycles. The molecule has 1 aromatic rings. The van der Waals surface area contributed by atoms with Gasteiger partial charge in [0, 0.05) is 45.3 Å². The molecule has 1 fully saturated rings. The molecule has 1 aliphatic rings. The van der Waals surface area contributed by atoms with Crippen LogP contribution in [-0.2, 0) is 9.59 Å². The zero-order valence-corrected chi connectivity index (χ0v) is 12.9. The van der Waals surface area contributed by atoms with Crippen LogP contribution in [0.15, 0.2) is 24.4 Å². The lowest BCUT2D eigenvalue weighted by molar-refractivity contribution is -0.131. The molecule has 22 heavy (non-hydrogen) atoms. The van der Waals surface area contributed by atoms with E-state index in [1.54, 1.807) is 13.1 Å². The van der Waals surface area contributed by atoms with Crippen LogP contribution in [0.25, 0.3) is 0 Å². The van der Waals surface area contributed by atoms with Crippen molar-refractivity contribution in [3.05, 3.63) is 24.4 Å². The molecule has 0 saturated carbocycles. The van der Waals surface area contributed by atoms with Crippen LogP contribution in [-0.4, -0.2) is 60.5 Å². The first-order valence-corrected chi connectivity index (χ1v) is 7.55. The lowest BCUT2D eigenvalue weighted by Crippen LogP contribution is -2.49. The number of anilines is 1. The van der Waals surface area contributed by atoms with E-state index in [2.05, 4.69) is 15.2 Å². The van der Waals surface area contributed by atoms with Crippen molar-refractivity contribution in [3.63, 3.8) is 0 Å². The molecule has 1 atom stereocenters. The first-order chi connectivity index (χ1) is 10.6. The van der Waals surface area contributed by atoms with Gasteiger partial charge in [-0.3, -0.25) is 9.59 Å². The van der Waals surface area contributed by atoms with Crippen LogP contribution < -0.4 is 16.0 Å². The van der Waals surface area contributed by atoms with Gasteiger partial charge in [0.1, 0.15) is 5.82 Å². The SMILES string of the molecule is CC(N)C(=O)NCCC(=O)N1CCN(c2ccccn2)CC1. The number of nitrogens with one attached hydrogen (secondary N) is 1. The van der Waals surface area contributed by atoms with Gasteiger partial charge in [-0.05, 0) is 19.1 Å². The number of carbonyl (C=O) groups excluding carboxylic acids is 2. The third-order valence-corrected chi connectivity index (χ3v) is 3.66. The maximum Gasteiger partial charge on any atom is 0.236 e. The molecule has 7 nitrogen and oxygen atoms in total. The standard InChI is InChI=1S/C15H23N5O2/c1-12(16)15(22)18-7-5-14(21)20-10-8-19(9-11-20)13-4-2-3-6-17-13/h2-4,6,12H,5,7-11,16H2,1H3,(H,18,22). The summed E-state index contributed by atoms with van der Waals surface area (Å²) in [7, 11) is 0. The van der Waals surface area contributed by atoms with Crippen molar-refractivity contribution in [1.29, 1.82) is 0 Å². The normalized spacial score (nSPS) is 16.3. The molecule has 1 aromatic heterocycles. The second-order valence-corrected chi connectivity index (χ2v) is 5.39. The minimum atomic E-state index is -0.544. The molecule has 0 spiro atoms. The van der Waals surface area contributed by atoms with Gasteiger partial charge in [0.05, 0.1) is 6.04 Å². The van der Waals surface area contributed by atoms with Crippen molar-refractivity contribution < 1.29 is 9.59 Å². The second kappa shape index (κ2) is 7.74. The van der Waals surface area contributed by atoms with Crippen LogP contribution in [0.4, 0.5) is 5.82 Å². The number of hydrogen-bond donors (Lipinski definition) is 2. The molecule has 0 radical (unpaired) electrons. The van der Waals surface area contributed by atoms with Gasteiger partial charge in [-0.25, -0.2) is 4.98 Å². The van der Waals surface area contributed by atoms with Crippen LogP contribution in [0.3, 0.4) is 0 Å². The van der Waals surface area contributed by atoms with E-state index >= 15 is 0 Å². The average Bonchev–Trinajstić information content (AvgIpc) is 2.55. The number of piperazine rings is 1. The predicted octanol–water partition coefficient (Wildman–Crippen LogP) is -0.416. The molecule has 0 aliphatic carbocycles. The molecule has 3 N–H and O–H groups in total. The molecular weight excluding hydrogens is 282 g/mol. The van der Waals surface area contributed by atoms with Crippen molar-refractivity contribution in [2.45, 2.75) is 19.4 Å². The Bertz CT molecular complexity index is 498. The monoisotopic (exact) mass is 305 g/mol. The number of aromatic nitrogens is 1. The highest BCUT2D eigenvalue weighted by molar-refractivity contribution is 5.82. The fourth-order valence-electron chi connectivity index (χ4n) is 2.34. The topological polar surface area (TPSA) is 91.6 Å². The number of rotatable bonds is 5. The summed E-state index contributed by atoms with van der Waals surface area (Å²) in [6.45, 7) is 4.85. The van der Waals surface area contributed by atoms with E-state index < -0.39 is 6.04 Å². The number of nitrogens with two attached hydrogens (primary N) is 1. The highest BCUT2D eigenvalue weighted by Gasteiger charge is 2.21. The van der Waals surface area contributed by atoms with Gasteiger partial charge < -0.3 is 20.9 Å². The predicted molar refractivity (Wildman–Crippen MR) is 84.3 cm³/mol. The Morgan fingerprint density at radius 1 is 1.32 bits per heavy atom. The summed E-state index contributed by atoms with van der Waals surface area (Å²) in [5, 5.41) is 2.65. The average molecular weight is 305 g/mol. The highest BCUT2D eigenvalue weighted by atomic mass is 16.2. The van der Waals surface area contributed by atoms with Crippen molar-refractivity contribution in [2.24, 2.45) is 5.73 Å². The van der Waals surface area contributed by atoms with Gasteiger partial charge in [-0.2, -0.15) is 0 Å². The molecule has 0 bridgehead atoms. The van der Waals surface area contributed by atoms with Crippen LogP contribution in [0, 0.1) is 0 Å². The summed E-state index contributed by atoms with van der Waals surface area (Å²) in [6, 6.07) is 5.28. The highest BCUT2D eigenvalue weighted by Crippen LogP contribution is 2.12. The Labute approximate surface area is 130 Å². The molecule has 1 saturated heterocycles. The molecule has 1 unspecified atom stereocenters. The second-order valence-electron chi connectivity index (χ2n) is 5.39. The van der Waals surface area contributed by atoms with E-state index in [0.717, 1.165) is 18.9 Å². The van der Waals surface area contributed by atoms with Gasteiger partial charge >= 0.3 is 0 Å². The Morgan fingerprint density at radius 2 is 2.05 bits per heavy atom. The molecule has 2 rings (SSSR count). The molecule has 2 amide bonds. The zero-order chi connectivity index (χ0) is 15.9. The van der Waals surface area contributed by atoms with E-state index in [1.807, 2.05) is 23.1 Å². The largest absolute Gasteiger partial charge is 0.354 e. The number of pyridine rings is 1. The van der Waals surface area contributed by atoms with E-state index in [9.17, 15) is 9.59 Å². The first kappa shape index (κ1) is 16.2. The summed E-state index contributed by atoms with van der Waals surface area (Å²) in [6.07, 6.45) is 2.08. The van der Waals surface area contributed by atoms with E-state index in [0.29, 0.717) is 26.1 Å². The number of hydrogen-bond acceptors (Lipinski definition) is 5.